The van der Waals surface area contributed by atoms with Crippen molar-refractivity contribution in [3.8, 4) is 5.75 Å². The quantitative estimate of drug-likeness (QED) is 0.677. The lowest BCUT2D eigenvalue weighted by Gasteiger charge is -2.24. The fourth-order valence-electron chi connectivity index (χ4n) is 1.96. The molecule has 1 aromatic rings. The molecule has 6 nitrogen and oxygen atoms in total. The molecule has 0 saturated heterocycles. The van der Waals surface area contributed by atoms with Gasteiger partial charge in [0, 0.05) is 19.6 Å². The molecular formula is C16H24N2O4. The Bertz CT molecular complexity index is 503. The van der Waals surface area contributed by atoms with Gasteiger partial charge >= 0.3 is 5.97 Å². The van der Waals surface area contributed by atoms with Gasteiger partial charge in [0.2, 0.25) is 0 Å². The van der Waals surface area contributed by atoms with Crippen molar-refractivity contribution in [2.24, 2.45) is 0 Å². The van der Waals surface area contributed by atoms with E-state index in [1.54, 1.807) is 23.1 Å². The number of methoxy groups -OCH3 is 2. The van der Waals surface area contributed by atoms with E-state index in [0.29, 0.717) is 30.9 Å². The van der Waals surface area contributed by atoms with Crippen LogP contribution in [0.25, 0.3) is 0 Å². The standard InChI is InChI=1S/C16H24N2O4/c1-17(2)11-12-18(10-9-15(19)22-4)16(20)13-7-5-6-8-14(13)21-3/h5-8H,9-12H2,1-4H3. The topological polar surface area (TPSA) is 59.1 Å². The number of amides is 1. The summed E-state index contributed by atoms with van der Waals surface area (Å²) in [5.41, 5.74) is 0.494. The Balaban J connectivity index is 2.87. The molecule has 0 saturated carbocycles. The number of hydrogen-bond donors (Lipinski definition) is 0. The molecule has 1 rings (SSSR count). The van der Waals surface area contributed by atoms with E-state index < -0.39 is 0 Å². The zero-order chi connectivity index (χ0) is 16.5. The summed E-state index contributed by atoms with van der Waals surface area (Å²) < 4.78 is 9.88. The largest absolute Gasteiger partial charge is 0.496 e. The average molecular weight is 308 g/mol. The van der Waals surface area contributed by atoms with E-state index in [4.69, 9.17) is 4.74 Å². The van der Waals surface area contributed by atoms with Crippen LogP contribution in [0.4, 0.5) is 0 Å². The van der Waals surface area contributed by atoms with Crippen molar-refractivity contribution in [1.29, 1.82) is 0 Å². The lowest BCUT2D eigenvalue weighted by molar-refractivity contribution is -0.140. The molecule has 0 N–H and O–H groups in total. The molecule has 0 aliphatic carbocycles. The smallest absolute Gasteiger partial charge is 0.307 e. The van der Waals surface area contributed by atoms with Crippen molar-refractivity contribution in [3.05, 3.63) is 29.8 Å². The second-order valence-corrected chi connectivity index (χ2v) is 5.12. The Kier molecular flexibility index (Phi) is 7.39. The maximum Gasteiger partial charge on any atom is 0.307 e. The highest BCUT2D eigenvalue weighted by Crippen LogP contribution is 2.19. The molecule has 22 heavy (non-hydrogen) atoms. The molecule has 0 bridgehead atoms. The summed E-state index contributed by atoms with van der Waals surface area (Å²) in [6, 6.07) is 7.08. The van der Waals surface area contributed by atoms with Gasteiger partial charge in [-0.25, -0.2) is 0 Å². The molecule has 0 aliphatic heterocycles. The highest BCUT2D eigenvalue weighted by atomic mass is 16.5. The Morgan fingerprint density at radius 3 is 2.32 bits per heavy atom. The van der Waals surface area contributed by atoms with Crippen molar-refractivity contribution in [1.82, 2.24) is 9.80 Å². The van der Waals surface area contributed by atoms with Gasteiger partial charge in [-0.15, -0.1) is 0 Å². The minimum atomic E-state index is -0.331. The summed E-state index contributed by atoms with van der Waals surface area (Å²) in [5.74, 6) is 0.0475. The molecule has 122 valence electrons. The second kappa shape index (κ2) is 9.04. The van der Waals surface area contributed by atoms with Gasteiger partial charge in [-0.1, -0.05) is 12.1 Å². The maximum atomic E-state index is 12.7. The Morgan fingerprint density at radius 2 is 1.73 bits per heavy atom. The fourth-order valence-corrected chi connectivity index (χ4v) is 1.96. The monoisotopic (exact) mass is 308 g/mol. The van der Waals surface area contributed by atoms with Crippen LogP contribution in [0.15, 0.2) is 24.3 Å². The molecular weight excluding hydrogens is 284 g/mol. The number of likely N-dealkylation sites (N-methyl/N-ethyl adjacent to an activating group) is 1. The lowest BCUT2D eigenvalue weighted by Crippen LogP contribution is -2.38. The molecule has 0 spiro atoms. The number of para-hydroxylation sites is 1. The first-order chi connectivity index (χ1) is 10.5. The van der Waals surface area contributed by atoms with Crippen molar-refractivity contribution in [2.45, 2.75) is 6.42 Å². The van der Waals surface area contributed by atoms with Gasteiger partial charge in [-0.05, 0) is 26.2 Å². The van der Waals surface area contributed by atoms with Crippen molar-refractivity contribution in [3.63, 3.8) is 0 Å². The molecule has 1 aromatic carbocycles. The number of ether oxygens (including phenoxy) is 2. The van der Waals surface area contributed by atoms with Gasteiger partial charge in [0.05, 0.1) is 26.2 Å². The number of nitrogens with zero attached hydrogens (tertiary/aromatic N) is 2. The number of rotatable bonds is 8. The first-order valence-electron chi connectivity index (χ1n) is 7.13. The first-order valence-corrected chi connectivity index (χ1v) is 7.13. The Labute approximate surface area is 131 Å². The normalized spacial score (nSPS) is 10.4. The van der Waals surface area contributed by atoms with Gasteiger partial charge in [-0.3, -0.25) is 9.59 Å². The predicted molar refractivity (Wildman–Crippen MR) is 84.1 cm³/mol. The highest BCUT2D eigenvalue weighted by Gasteiger charge is 2.20. The molecule has 0 aliphatic rings. The van der Waals surface area contributed by atoms with Crippen molar-refractivity contribution >= 4 is 11.9 Å². The van der Waals surface area contributed by atoms with E-state index >= 15 is 0 Å². The highest BCUT2D eigenvalue weighted by molar-refractivity contribution is 5.97. The van der Waals surface area contributed by atoms with Gasteiger partial charge in [-0.2, -0.15) is 0 Å². The van der Waals surface area contributed by atoms with Gasteiger partial charge in [0.15, 0.2) is 0 Å². The third-order valence-electron chi connectivity index (χ3n) is 3.26. The van der Waals surface area contributed by atoms with Crippen LogP contribution in [-0.4, -0.2) is 69.6 Å². The number of carbonyl (C=O) groups is 2. The zero-order valence-electron chi connectivity index (χ0n) is 13.7. The fraction of sp³-hybridized carbons (Fsp3) is 0.500. The van der Waals surface area contributed by atoms with E-state index in [2.05, 4.69) is 4.74 Å². The third-order valence-corrected chi connectivity index (χ3v) is 3.26. The molecule has 0 fully saturated rings. The summed E-state index contributed by atoms with van der Waals surface area (Å²) in [6.07, 6.45) is 0.171. The van der Waals surface area contributed by atoms with E-state index in [0.717, 1.165) is 0 Å². The van der Waals surface area contributed by atoms with Crippen LogP contribution in [0.2, 0.25) is 0 Å². The molecule has 0 heterocycles. The van der Waals surface area contributed by atoms with Crippen LogP contribution in [0, 0.1) is 0 Å². The van der Waals surface area contributed by atoms with E-state index in [9.17, 15) is 9.59 Å². The van der Waals surface area contributed by atoms with Crippen molar-refractivity contribution < 1.29 is 19.1 Å². The molecule has 1 amide bonds. The molecule has 0 unspecified atom stereocenters. The summed E-state index contributed by atoms with van der Waals surface area (Å²) in [6.45, 7) is 1.56. The van der Waals surface area contributed by atoms with Crippen LogP contribution >= 0.6 is 0 Å². The summed E-state index contributed by atoms with van der Waals surface area (Å²) in [4.78, 5) is 27.7. The van der Waals surface area contributed by atoms with E-state index in [1.165, 1.54) is 14.2 Å². The summed E-state index contributed by atoms with van der Waals surface area (Å²) >= 11 is 0. The number of carbonyl (C=O) groups excluding carboxylic acids is 2. The van der Waals surface area contributed by atoms with Crippen LogP contribution in [0.5, 0.6) is 5.75 Å². The average Bonchev–Trinajstić information content (AvgIpc) is 2.53. The van der Waals surface area contributed by atoms with Gasteiger partial charge in [0.1, 0.15) is 5.75 Å². The van der Waals surface area contributed by atoms with E-state index in [1.807, 2.05) is 25.1 Å². The van der Waals surface area contributed by atoms with Crippen LogP contribution in [-0.2, 0) is 9.53 Å². The van der Waals surface area contributed by atoms with Gasteiger partial charge < -0.3 is 19.3 Å². The Morgan fingerprint density at radius 1 is 1.05 bits per heavy atom. The zero-order valence-corrected chi connectivity index (χ0v) is 13.7. The molecule has 0 atom stereocenters. The minimum Gasteiger partial charge on any atom is -0.496 e. The van der Waals surface area contributed by atoms with Crippen LogP contribution < -0.4 is 4.74 Å². The molecule has 0 radical (unpaired) electrons. The van der Waals surface area contributed by atoms with E-state index in [-0.39, 0.29) is 18.3 Å². The van der Waals surface area contributed by atoms with Crippen LogP contribution in [0.1, 0.15) is 16.8 Å². The number of hydrogen-bond acceptors (Lipinski definition) is 5. The second-order valence-electron chi connectivity index (χ2n) is 5.12. The first kappa shape index (κ1) is 18.0. The SMILES string of the molecule is COC(=O)CCN(CCN(C)C)C(=O)c1ccccc1OC. The predicted octanol–water partition coefficient (Wildman–Crippen LogP) is 1.26. The number of esters is 1. The summed E-state index contributed by atoms with van der Waals surface area (Å²) in [5, 5.41) is 0. The maximum absolute atomic E-state index is 12.7. The van der Waals surface area contributed by atoms with Crippen molar-refractivity contribution in [2.75, 3.05) is 47.9 Å². The van der Waals surface area contributed by atoms with Crippen LogP contribution in [0.3, 0.4) is 0 Å². The molecule has 0 aromatic heterocycles. The Hall–Kier alpha value is -2.08. The van der Waals surface area contributed by atoms with Gasteiger partial charge in [0.25, 0.3) is 5.91 Å². The number of benzene rings is 1. The molecule has 6 heteroatoms. The third kappa shape index (κ3) is 5.37. The minimum absolute atomic E-state index is 0.150. The lowest BCUT2D eigenvalue weighted by atomic mass is 10.1. The summed E-state index contributed by atoms with van der Waals surface area (Å²) in [7, 11) is 6.75.